The Balaban J connectivity index is 1.73. The third kappa shape index (κ3) is 5.19. The first-order valence-corrected chi connectivity index (χ1v) is 9.25. The van der Waals surface area contributed by atoms with Crippen molar-refractivity contribution in [1.82, 2.24) is 15.4 Å². The van der Waals surface area contributed by atoms with E-state index in [9.17, 15) is 9.00 Å². The van der Waals surface area contributed by atoms with Crippen molar-refractivity contribution in [1.29, 1.82) is 0 Å². The Bertz CT molecular complexity index is 681. The predicted octanol–water partition coefficient (Wildman–Crippen LogP) is 2.38. The van der Waals surface area contributed by atoms with Crippen LogP contribution in [-0.4, -0.2) is 39.6 Å². The van der Waals surface area contributed by atoms with Gasteiger partial charge in [-0.3, -0.25) is 4.21 Å². The molecule has 7 heteroatoms. The van der Waals surface area contributed by atoms with Gasteiger partial charge in [0.2, 0.25) is 0 Å². The Hall–Kier alpha value is -2.15. The highest BCUT2D eigenvalue weighted by Gasteiger charge is 2.15. The van der Waals surface area contributed by atoms with Gasteiger partial charge in [0.05, 0.1) is 12.2 Å². The van der Waals surface area contributed by atoms with Crippen LogP contribution >= 0.6 is 0 Å². The van der Waals surface area contributed by atoms with Crippen LogP contribution in [-0.2, 0) is 23.1 Å². The minimum atomic E-state index is -0.998. The molecule has 0 aliphatic carbocycles. The first-order valence-electron chi connectivity index (χ1n) is 7.77. The molecule has 1 aromatic heterocycles. The summed E-state index contributed by atoms with van der Waals surface area (Å²) >= 11 is 0. The lowest BCUT2D eigenvalue weighted by Crippen LogP contribution is -2.38. The fourth-order valence-corrected chi connectivity index (χ4v) is 3.31. The molecule has 0 bridgehead atoms. The molecule has 130 valence electrons. The van der Waals surface area contributed by atoms with Gasteiger partial charge in [-0.05, 0) is 19.4 Å². The third-order valence-electron chi connectivity index (χ3n) is 3.70. The van der Waals surface area contributed by atoms with Gasteiger partial charge >= 0.3 is 6.03 Å². The van der Waals surface area contributed by atoms with Crippen LogP contribution in [0.4, 0.5) is 4.79 Å². The van der Waals surface area contributed by atoms with Crippen molar-refractivity contribution in [3.8, 4) is 0 Å². The first kappa shape index (κ1) is 18.2. The van der Waals surface area contributed by atoms with Gasteiger partial charge in [-0.1, -0.05) is 35.5 Å². The number of aryl methyl sites for hydroxylation is 2. The van der Waals surface area contributed by atoms with Crippen LogP contribution in [0.1, 0.15) is 22.6 Å². The average molecular weight is 349 g/mol. The van der Waals surface area contributed by atoms with E-state index in [-0.39, 0.29) is 6.03 Å². The van der Waals surface area contributed by atoms with Crippen molar-refractivity contribution in [3.05, 3.63) is 52.9 Å². The Labute approximate surface area is 144 Å². The molecule has 6 nitrogen and oxygen atoms in total. The SMILES string of the molecule is Cc1noc(C)c1CN(C)C(=O)NCCS(=O)Cc1ccccc1. The highest BCUT2D eigenvalue weighted by molar-refractivity contribution is 7.84. The molecule has 24 heavy (non-hydrogen) atoms. The smallest absolute Gasteiger partial charge is 0.317 e. The van der Waals surface area contributed by atoms with Crippen molar-refractivity contribution in [3.63, 3.8) is 0 Å². The average Bonchev–Trinajstić information content (AvgIpc) is 2.87. The molecule has 0 spiro atoms. The predicted molar refractivity (Wildman–Crippen MR) is 94.0 cm³/mol. The highest BCUT2D eigenvalue weighted by Crippen LogP contribution is 2.14. The van der Waals surface area contributed by atoms with Crippen molar-refractivity contribution >= 4 is 16.8 Å². The van der Waals surface area contributed by atoms with Gasteiger partial charge in [-0.25, -0.2) is 4.79 Å². The molecule has 0 aliphatic heterocycles. The summed E-state index contributed by atoms with van der Waals surface area (Å²) in [6.45, 7) is 4.49. The maximum atomic E-state index is 12.1. The number of amides is 2. The van der Waals surface area contributed by atoms with Gasteiger partial charge in [0.25, 0.3) is 0 Å². The fourth-order valence-electron chi connectivity index (χ4n) is 2.28. The second kappa shape index (κ2) is 8.63. The normalized spacial score (nSPS) is 12.0. The van der Waals surface area contributed by atoms with E-state index in [2.05, 4.69) is 10.5 Å². The standard InChI is InChI=1S/C17H23N3O3S/c1-13-16(14(2)23-19-13)11-20(3)17(21)18-9-10-24(22)12-15-7-5-4-6-8-15/h4-8H,9-12H2,1-3H3,(H,18,21). The van der Waals surface area contributed by atoms with E-state index >= 15 is 0 Å². The second-order valence-electron chi connectivity index (χ2n) is 5.66. The molecular weight excluding hydrogens is 326 g/mol. The van der Waals surface area contributed by atoms with Gasteiger partial charge in [0, 0.05) is 41.5 Å². The van der Waals surface area contributed by atoms with E-state index < -0.39 is 10.8 Å². The van der Waals surface area contributed by atoms with Crippen LogP contribution in [0.15, 0.2) is 34.9 Å². The zero-order chi connectivity index (χ0) is 17.5. The summed E-state index contributed by atoms with van der Waals surface area (Å²) in [4.78, 5) is 13.7. The molecule has 2 rings (SSSR count). The maximum absolute atomic E-state index is 12.1. The molecule has 0 saturated heterocycles. The Kier molecular flexibility index (Phi) is 6.54. The molecular formula is C17H23N3O3S. The van der Waals surface area contributed by atoms with E-state index in [0.29, 0.717) is 24.6 Å². The Morgan fingerprint density at radius 3 is 2.62 bits per heavy atom. The Morgan fingerprint density at radius 1 is 1.29 bits per heavy atom. The molecule has 2 aromatic rings. The molecule has 0 fully saturated rings. The van der Waals surface area contributed by atoms with Gasteiger partial charge in [0.1, 0.15) is 5.76 Å². The van der Waals surface area contributed by atoms with E-state index in [4.69, 9.17) is 4.52 Å². The summed E-state index contributed by atoms with van der Waals surface area (Å²) in [5.41, 5.74) is 2.74. The van der Waals surface area contributed by atoms with Crippen LogP contribution < -0.4 is 5.32 Å². The lowest BCUT2D eigenvalue weighted by Gasteiger charge is -2.17. The zero-order valence-electron chi connectivity index (χ0n) is 14.2. The molecule has 0 saturated carbocycles. The van der Waals surface area contributed by atoms with Crippen LogP contribution in [0, 0.1) is 13.8 Å². The maximum Gasteiger partial charge on any atom is 0.317 e. The summed E-state index contributed by atoms with van der Waals surface area (Å²) in [5, 5.41) is 6.67. The van der Waals surface area contributed by atoms with Gasteiger partial charge < -0.3 is 14.7 Å². The van der Waals surface area contributed by atoms with Crippen molar-refractivity contribution in [2.45, 2.75) is 26.1 Å². The number of benzene rings is 1. The summed E-state index contributed by atoms with van der Waals surface area (Å²) < 4.78 is 17.1. The lowest BCUT2D eigenvalue weighted by atomic mass is 10.2. The summed E-state index contributed by atoms with van der Waals surface area (Å²) in [6, 6.07) is 9.49. The minimum Gasteiger partial charge on any atom is -0.361 e. The highest BCUT2D eigenvalue weighted by atomic mass is 32.2. The van der Waals surface area contributed by atoms with E-state index in [0.717, 1.165) is 22.6 Å². The second-order valence-corrected chi connectivity index (χ2v) is 7.24. The summed E-state index contributed by atoms with van der Waals surface area (Å²) in [5.74, 6) is 1.65. The molecule has 2 amide bonds. The number of hydrogen-bond donors (Lipinski definition) is 1. The monoisotopic (exact) mass is 349 g/mol. The first-order chi connectivity index (χ1) is 11.5. The van der Waals surface area contributed by atoms with E-state index in [1.165, 1.54) is 0 Å². The van der Waals surface area contributed by atoms with Crippen molar-refractivity contribution in [2.75, 3.05) is 19.3 Å². The molecule has 0 aliphatic rings. The fraction of sp³-hybridized carbons (Fsp3) is 0.412. The van der Waals surface area contributed by atoms with Crippen LogP contribution in [0.3, 0.4) is 0 Å². The van der Waals surface area contributed by atoms with Crippen LogP contribution in [0.5, 0.6) is 0 Å². The molecule has 1 atom stereocenters. The number of nitrogens with zero attached hydrogens (tertiary/aromatic N) is 2. The van der Waals surface area contributed by atoms with Crippen molar-refractivity contribution in [2.24, 2.45) is 0 Å². The number of nitrogens with one attached hydrogen (secondary N) is 1. The van der Waals surface area contributed by atoms with Gasteiger partial charge in [-0.15, -0.1) is 0 Å². The number of hydrogen-bond acceptors (Lipinski definition) is 4. The third-order valence-corrected chi connectivity index (χ3v) is 5.01. The minimum absolute atomic E-state index is 0.202. The number of urea groups is 1. The quantitative estimate of drug-likeness (QED) is 0.833. The van der Waals surface area contributed by atoms with Crippen LogP contribution in [0.25, 0.3) is 0 Å². The number of aromatic nitrogens is 1. The molecule has 1 unspecified atom stereocenters. The molecule has 1 aromatic carbocycles. The zero-order valence-corrected chi connectivity index (χ0v) is 15.1. The summed E-state index contributed by atoms with van der Waals surface area (Å²) in [7, 11) is 0.713. The number of rotatable bonds is 7. The Morgan fingerprint density at radius 2 is 2.00 bits per heavy atom. The van der Waals surface area contributed by atoms with Crippen molar-refractivity contribution < 1.29 is 13.5 Å². The van der Waals surface area contributed by atoms with E-state index in [1.807, 2.05) is 44.2 Å². The summed E-state index contributed by atoms with van der Waals surface area (Å²) in [6.07, 6.45) is 0. The molecule has 1 heterocycles. The molecule has 0 radical (unpaired) electrons. The van der Waals surface area contributed by atoms with Crippen LogP contribution in [0.2, 0.25) is 0 Å². The number of carbonyl (C=O) groups excluding carboxylic acids is 1. The topological polar surface area (TPSA) is 75.4 Å². The number of carbonyl (C=O) groups is 1. The largest absolute Gasteiger partial charge is 0.361 e. The molecule has 1 N–H and O–H groups in total. The van der Waals surface area contributed by atoms with Gasteiger partial charge in [-0.2, -0.15) is 0 Å². The lowest BCUT2D eigenvalue weighted by molar-refractivity contribution is 0.207. The van der Waals surface area contributed by atoms with E-state index in [1.54, 1.807) is 11.9 Å². The van der Waals surface area contributed by atoms with Gasteiger partial charge in [0.15, 0.2) is 0 Å².